The number of fused-ring (bicyclic) bond motifs is 1. The maximum Gasteiger partial charge on any atom is 0.216 e. The van der Waals surface area contributed by atoms with Crippen LogP contribution in [0.1, 0.15) is 13.3 Å². The molecule has 2 N–H and O–H groups in total. The van der Waals surface area contributed by atoms with Crippen molar-refractivity contribution in [2.75, 3.05) is 19.6 Å². The van der Waals surface area contributed by atoms with Gasteiger partial charge in [0.2, 0.25) is 5.91 Å². The monoisotopic (exact) mass is 154 g/mol. The molecule has 0 aromatic rings. The van der Waals surface area contributed by atoms with Crippen molar-refractivity contribution in [3.8, 4) is 0 Å². The van der Waals surface area contributed by atoms with Crippen LogP contribution in [0.4, 0.5) is 0 Å². The number of rotatable bonds is 2. The van der Waals surface area contributed by atoms with Crippen LogP contribution in [0.15, 0.2) is 0 Å². The molecule has 1 saturated carbocycles. The summed E-state index contributed by atoms with van der Waals surface area (Å²) in [5.74, 6) is 0.936. The highest BCUT2D eigenvalue weighted by Crippen LogP contribution is 2.54. The molecule has 2 fully saturated rings. The van der Waals surface area contributed by atoms with Crippen molar-refractivity contribution in [3.05, 3.63) is 0 Å². The van der Waals surface area contributed by atoms with E-state index >= 15 is 0 Å². The molecule has 1 saturated heterocycles. The lowest BCUT2D eigenvalue weighted by molar-refractivity contribution is -0.119. The lowest BCUT2D eigenvalue weighted by Gasteiger charge is -2.10. The van der Waals surface area contributed by atoms with Gasteiger partial charge in [-0.25, -0.2) is 0 Å². The first-order valence-corrected chi connectivity index (χ1v) is 4.18. The number of carbonyl (C=O) groups excluding carboxylic acids is 1. The Labute approximate surface area is 66.5 Å². The van der Waals surface area contributed by atoms with Crippen LogP contribution in [0.25, 0.3) is 0 Å². The van der Waals surface area contributed by atoms with Gasteiger partial charge in [-0.2, -0.15) is 0 Å². The van der Waals surface area contributed by atoms with Gasteiger partial charge in [0.15, 0.2) is 0 Å². The molecule has 1 heterocycles. The molecule has 0 bridgehead atoms. The van der Waals surface area contributed by atoms with Gasteiger partial charge in [-0.3, -0.25) is 4.79 Å². The summed E-state index contributed by atoms with van der Waals surface area (Å²) in [5.41, 5.74) is 0.450. The number of carbonyl (C=O) groups is 1. The van der Waals surface area contributed by atoms with Crippen LogP contribution in [0, 0.1) is 11.3 Å². The Morgan fingerprint density at radius 3 is 3.09 bits per heavy atom. The maximum atomic E-state index is 10.6. The third-order valence-electron chi connectivity index (χ3n) is 2.92. The molecule has 2 aliphatic rings. The first kappa shape index (κ1) is 7.10. The average Bonchev–Trinajstić information content (AvgIpc) is 2.52. The normalized spacial score (nSPS) is 39.9. The number of hydrogen-bond acceptors (Lipinski definition) is 2. The minimum Gasteiger partial charge on any atom is -0.356 e. The van der Waals surface area contributed by atoms with Gasteiger partial charge >= 0.3 is 0 Å². The van der Waals surface area contributed by atoms with E-state index in [1.807, 2.05) is 0 Å². The molecule has 1 aliphatic carbocycles. The molecular formula is C8H14N2O. The highest BCUT2D eigenvalue weighted by atomic mass is 16.1. The fourth-order valence-electron chi connectivity index (χ4n) is 2.01. The highest BCUT2D eigenvalue weighted by Gasteiger charge is 2.56. The molecule has 62 valence electrons. The van der Waals surface area contributed by atoms with Crippen molar-refractivity contribution in [2.45, 2.75) is 13.3 Å². The van der Waals surface area contributed by atoms with Gasteiger partial charge < -0.3 is 10.6 Å². The van der Waals surface area contributed by atoms with Crippen LogP contribution < -0.4 is 10.6 Å². The SMILES string of the molecule is CC(=O)NCC12CNCC1C2. The van der Waals surface area contributed by atoms with Crippen LogP contribution in [0.3, 0.4) is 0 Å². The Kier molecular flexibility index (Phi) is 1.42. The Balaban J connectivity index is 1.83. The lowest BCUT2D eigenvalue weighted by Crippen LogP contribution is -2.31. The van der Waals surface area contributed by atoms with Crippen LogP contribution in [-0.2, 0) is 4.79 Å². The van der Waals surface area contributed by atoms with Crippen molar-refractivity contribution in [2.24, 2.45) is 11.3 Å². The predicted molar refractivity (Wildman–Crippen MR) is 42.1 cm³/mol. The predicted octanol–water partition coefficient (Wildman–Crippen LogP) is -0.268. The fraction of sp³-hybridized carbons (Fsp3) is 0.875. The molecule has 0 aromatic carbocycles. The van der Waals surface area contributed by atoms with Crippen LogP contribution in [0.5, 0.6) is 0 Å². The van der Waals surface area contributed by atoms with E-state index in [9.17, 15) is 4.79 Å². The standard InChI is InChI=1S/C8H14N2O/c1-6(11)10-5-8-2-7(8)3-9-4-8/h7,9H,2-5H2,1H3,(H,10,11). The van der Waals surface area contributed by atoms with Crippen LogP contribution >= 0.6 is 0 Å². The summed E-state index contributed by atoms with van der Waals surface area (Å²) in [7, 11) is 0. The number of hydrogen-bond donors (Lipinski definition) is 2. The van der Waals surface area contributed by atoms with Gasteiger partial charge in [0.25, 0.3) is 0 Å². The molecule has 0 radical (unpaired) electrons. The third kappa shape index (κ3) is 1.13. The Hall–Kier alpha value is -0.570. The summed E-state index contributed by atoms with van der Waals surface area (Å²) in [6, 6.07) is 0. The molecule has 1 amide bonds. The second kappa shape index (κ2) is 2.21. The number of nitrogens with one attached hydrogen (secondary N) is 2. The minimum absolute atomic E-state index is 0.0944. The maximum absolute atomic E-state index is 10.6. The largest absolute Gasteiger partial charge is 0.356 e. The van der Waals surface area contributed by atoms with Gasteiger partial charge in [0.05, 0.1) is 0 Å². The number of piperidine rings is 1. The summed E-state index contributed by atoms with van der Waals surface area (Å²) in [4.78, 5) is 10.6. The second-order valence-corrected chi connectivity index (χ2v) is 3.80. The van der Waals surface area contributed by atoms with Gasteiger partial charge in [-0.15, -0.1) is 0 Å². The summed E-state index contributed by atoms with van der Waals surface area (Å²) >= 11 is 0. The molecule has 2 atom stereocenters. The Morgan fingerprint density at radius 1 is 1.82 bits per heavy atom. The van der Waals surface area contributed by atoms with E-state index in [0.29, 0.717) is 5.41 Å². The first-order chi connectivity index (χ1) is 5.23. The summed E-state index contributed by atoms with van der Waals surface area (Å²) < 4.78 is 0. The lowest BCUT2D eigenvalue weighted by atomic mass is 10.1. The van der Waals surface area contributed by atoms with E-state index in [4.69, 9.17) is 0 Å². The van der Waals surface area contributed by atoms with E-state index in [-0.39, 0.29) is 5.91 Å². The van der Waals surface area contributed by atoms with E-state index in [1.165, 1.54) is 6.42 Å². The molecule has 0 aromatic heterocycles. The summed E-state index contributed by atoms with van der Waals surface area (Å²) in [5, 5.41) is 6.23. The zero-order valence-corrected chi connectivity index (χ0v) is 6.81. The first-order valence-electron chi connectivity index (χ1n) is 4.18. The van der Waals surface area contributed by atoms with E-state index in [0.717, 1.165) is 25.6 Å². The van der Waals surface area contributed by atoms with Gasteiger partial charge in [-0.1, -0.05) is 0 Å². The van der Waals surface area contributed by atoms with Crippen molar-refractivity contribution < 1.29 is 4.79 Å². The average molecular weight is 154 g/mol. The van der Waals surface area contributed by atoms with Crippen molar-refractivity contribution >= 4 is 5.91 Å². The molecule has 3 heteroatoms. The van der Waals surface area contributed by atoms with E-state index < -0.39 is 0 Å². The fourth-order valence-corrected chi connectivity index (χ4v) is 2.01. The molecule has 0 spiro atoms. The third-order valence-corrected chi connectivity index (χ3v) is 2.92. The smallest absolute Gasteiger partial charge is 0.216 e. The van der Waals surface area contributed by atoms with Gasteiger partial charge in [0.1, 0.15) is 0 Å². The molecule has 2 rings (SSSR count). The topological polar surface area (TPSA) is 41.1 Å². The van der Waals surface area contributed by atoms with Crippen molar-refractivity contribution in [1.82, 2.24) is 10.6 Å². The molecule has 1 aliphatic heterocycles. The molecule has 11 heavy (non-hydrogen) atoms. The van der Waals surface area contributed by atoms with E-state index in [2.05, 4.69) is 10.6 Å². The zero-order chi connectivity index (χ0) is 7.90. The Morgan fingerprint density at radius 2 is 2.64 bits per heavy atom. The van der Waals surface area contributed by atoms with Crippen molar-refractivity contribution in [3.63, 3.8) is 0 Å². The number of amides is 1. The van der Waals surface area contributed by atoms with Gasteiger partial charge in [-0.05, 0) is 18.9 Å². The van der Waals surface area contributed by atoms with Gasteiger partial charge in [0, 0.05) is 25.4 Å². The van der Waals surface area contributed by atoms with Crippen LogP contribution in [-0.4, -0.2) is 25.5 Å². The second-order valence-electron chi connectivity index (χ2n) is 3.80. The van der Waals surface area contributed by atoms with Crippen molar-refractivity contribution in [1.29, 1.82) is 0 Å². The molecular weight excluding hydrogens is 140 g/mol. The van der Waals surface area contributed by atoms with Crippen LogP contribution in [0.2, 0.25) is 0 Å². The molecule has 2 unspecified atom stereocenters. The summed E-state index contributed by atoms with van der Waals surface area (Å²) in [6.07, 6.45) is 1.31. The minimum atomic E-state index is 0.0944. The molecule has 3 nitrogen and oxygen atoms in total. The summed E-state index contributed by atoms with van der Waals surface area (Å²) in [6.45, 7) is 4.70. The zero-order valence-electron chi connectivity index (χ0n) is 6.81. The Bertz CT molecular complexity index is 193. The van der Waals surface area contributed by atoms with E-state index in [1.54, 1.807) is 6.92 Å². The quantitative estimate of drug-likeness (QED) is 0.575. The highest BCUT2D eigenvalue weighted by molar-refractivity contribution is 5.72.